The van der Waals surface area contributed by atoms with E-state index in [4.69, 9.17) is 5.73 Å². The van der Waals surface area contributed by atoms with Crippen LogP contribution in [-0.2, 0) is 0 Å². The standard InChI is InChI=1S/C19H23N5S/c1-25-24-9-6-16-14-19(20,7-5-17(16)15-24)23-12-10-22(11-13-23)18-4-2-3-8-21-18/h2-9,14-15H,10-13,20H2,1H3. The first-order chi connectivity index (χ1) is 12.2. The Bertz CT molecular complexity index is 746. The number of rotatable bonds is 3. The van der Waals surface area contributed by atoms with Gasteiger partial charge in [0.25, 0.3) is 0 Å². The van der Waals surface area contributed by atoms with Gasteiger partial charge in [-0.3, -0.25) is 9.21 Å². The van der Waals surface area contributed by atoms with E-state index >= 15 is 0 Å². The van der Waals surface area contributed by atoms with Crippen LogP contribution in [0, 0.1) is 0 Å². The lowest BCUT2D eigenvalue weighted by Crippen LogP contribution is -2.60. The molecule has 0 spiro atoms. The molecule has 1 aromatic heterocycles. The SMILES string of the molecule is CSN1C=CC2=CC(N)(N3CCN(c4ccccn4)CC3)C=CC2=C1. The lowest BCUT2D eigenvalue weighted by molar-refractivity contribution is 0.163. The van der Waals surface area contributed by atoms with Crippen molar-refractivity contribution in [2.45, 2.75) is 5.66 Å². The van der Waals surface area contributed by atoms with Crippen LogP contribution < -0.4 is 10.6 Å². The lowest BCUT2D eigenvalue weighted by Gasteiger charge is -2.44. The van der Waals surface area contributed by atoms with Crippen LogP contribution in [0.15, 0.2) is 72.2 Å². The van der Waals surface area contributed by atoms with Crippen molar-refractivity contribution in [2.24, 2.45) is 5.73 Å². The van der Waals surface area contributed by atoms with E-state index in [-0.39, 0.29) is 0 Å². The molecule has 0 amide bonds. The van der Waals surface area contributed by atoms with Crippen LogP contribution in [0.2, 0.25) is 0 Å². The lowest BCUT2D eigenvalue weighted by atomic mass is 9.91. The molecule has 1 atom stereocenters. The molecule has 2 N–H and O–H groups in total. The highest BCUT2D eigenvalue weighted by atomic mass is 32.2. The average Bonchev–Trinajstić information content (AvgIpc) is 2.68. The fourth-order valence-corrected chi connectivity index (χ4v) is 3.87. The van der Waals surface area contributed by atoms with Crippen molar-refractivity contribution >= 4 is 17.8 Å². The quantitative estimate of drug-likeness (QED) is 0.842. The van der Waals surface area contributed by atoms with Crippen LogP contribution in [0.3, 0.4) is 0 Å². The van der Waals surface area contributed by atoms with Crippen molar-refractivity contribution in [3.8, 4) is 0 Å². The zero-order valence-electron chi connectivity index (χ0n) is 14.4. The first kappa shape index (κ1) is 16.4. The molecular formula is C19H23N5S. The predicted octanol–water partition coefficient (Wildman–Crippen LogP) is 2.35. The third-order valence-corrected chi connectivity index (χ3v) is 5.58. The Morgan fingerprint density at radius 2 is 1.96 bits per heavy atom. The van der Waals surface area contributed by atoms with Gasteiger partial charge in [-0.2, -0.15) is 0 Å². The summed E-state index contributed by atoms with van der Waals surface area (Å²) in [7, 11) is 0. The summed E-state index contributed by atoms with van der Waals surface area (Å²) in [6.45, 7) is 3.71. The first-order valence-electron chi connectivity index (χ1n) is 8.53. The highest BCUT2D eigenvalue weighted by Gasteiger charge is 2.33. The molecule has 1 saturated heterocycles. The van der Waals surface area contributed by atoms with Gasteiger partial charge >= 0.3 is 0 Å². The summed E-state index contributed by atoms with van der Waals surface area (Å²) in [5.41, 5.74) is 8.63. The fraction of sp³-hybridized carbons (Fsp3) is 0.316. The molecule has 1 aromatic rings. The number of nitrogens with zero attached hydrogens (tertiary/aromatic N) is 4. The van der Waals surface area contributed by atoms with E-state index in [2.05, 4.69) is 68.1 Å². The van der Waals surface area contributed by atoms with Gasteiger partial charge in [-0.05, 0) is 53.5 Å². The van der Waals surface area contributed by atoms with E-state index in [1.54, 1.807) is 11.9 Å². The number of hydrogen-bond acceptors (Lipinski definition) is 6. The van der Waals surface area contributed by atoms with Crippen molar-refractivity contribution in [3.05, 3.63) is 72.2 Å². The van der Waals surface area contributed by atoms with Crippen molar-refractivity contribution in [1.29, 1.82) is 0 Å². The third kappa shape index (κ3) is 3.25. The van der Waals surface area contributed by atoms with Crippen LogP contribution in [0.1, 0.15) is 0 Å². The van der Waals surface area contributed by atoms with Gasteiger partial charge in [-0.25, -0.2) is 4.98 Å². The summed E-state index contributed by atoms with van der Waals surface area (Å²) in [5.74, 6) is 1.04. The van der Waals surface area contributed by atoms with E-state index in [1.807, 2.05) is 18.3 Å². The second-order valence-electron chi connectivity index (χ2n) is 6.42. The monoisotopic (exact) mass is 353 g/mol. The van der Waals surface area contributed by atoms with Gasteiger partial charge in [0.2, 0.25) is 0 Å². The highest BCUT2D eigenvalue weighted by molar-refractivity contribution is 7.96. The summed E-state index contributed by atoms with van der Waals surface area (Å²) >= 11 is 1.68. The molecule has 1 unspecified atom stereocenters. The van der Waals surface area contributed by atoms with Crippen LogP contribution in [-0.4, -0.2) is 52.3 Å². The van der Waals surface area contributed by atoms with E-state index in [0.717, 1.165) is 32.0 Å². The number of fused-ring (bicyclic) bond motifs is 1. The number of anilines is 1. The minimum Gasteiger partial charge on any atom is -0.354 e. The molecule has 1 aliphatic carbocycles. The second-order valence-corrected chi connectivity index (χ2v) is 7.21. The molecule has 130 valence electrons. The molecule has 0 radical (unpaired) electrons. The van der Waals surface area contributed by atoms with Crippen LogP contribution in [0.25, 0.3) is 0 Å². The Balaban J connectivity index is 1.47. The zero-order chi connectivity index (χ0) is 17.3. The number of allylic oxidation sites excluding steroid dienone is 4. The molecule has 0 aromatic carbocycles. The number of piperazine rings is 1. The first-order valence-corrected chi connectivity index (χ1v) is 9.71. The summed E-state index contributed by atoms with van der Waals surface area (Å²) in [6, 6.07) is 6.06. The maximum atomic E-state index is 6.74. The molecule has 0 bridgehead atoms. The van der Waals surface area contributed by atoms with Crippen molar-refractivity contribution < 1.29 is 0 Å². The third-order valence-electron chi connectivity index (χ3n) is 4.93. The Morgan fingerprint density at radius 1 is 1.12 bits per heavy atom. The van der Waals surface area contributed by atoms with Gasteiger partial charge in [0.15, 0.2) is 0 Å². The minimum absolute atomic E-state index is 0.519. The van der Waals surface area contributed by atoms with Gasteiger partial charge in [0.05, 0.1) is 0 Å². The Labute approximate surface area is 153 Å². The summed E-state index contributed by atoms with van der Waals surface area (Å²) < 4.78 is 2.10. The molecule has 6 heteroatoms. The smallest absolute Gasteiger partial charge is 0.128 e. The molecule has 1 fully saturated rings. The van der Waals surface area contributed by atoms with Crippen molar-refractivity contribution in [3.63, 3.8) is 0 Å². The van der Waals surface area contributed by atoms with E-state index in [9.17, 15) is 0 Å². The highest BCUT2D eigenvalue weighted by Crippen LogP contribution is 2.31. The van der Waals surface area contributed by atoms with Gasteiger partial charge in [0, 0.05) is 51.0 Å². The molecule has 2 aliphatic heterocycles. The van der Waals surface area contributed by atoms with Gasteiger partial charge in [-0.1, -0.05) is 12.1 Å². The number of pyridine rings is 1. The summed E-state index contributed by atoms with van der Waals surface area (Å²) in [5, 5.41) is 0. The van der Waals surface area contributed by atoms with Crippen molar-refractivity contribution in [1.82, 2.24) is 14.2 Å². The average molecular weight is 353 g/mol. The Morgan fingerprint density at radius 3 is 2.68 bits per heavy atom. The van der Waals surface area contributed by atoms with Crippen LogP contribution in [0.5, 0.6) is 0 Å². The normalized spacial score (nSPS) is 26.3. The largest absolute Gasteiger partial charge is 0.354 e. The van der Waals surface area contributed by atoms with Gasteiger partial charge < -0.3 is 10.6 Å². The van der Waals surface area contributed by atoms with E-state index < -0.39 is 5.66 Å². The summed E-state index contributed by atoms with van der Waals surface area (Å²) in [4.78, 5) is 9.12. The van der Waals surface area contributed by atoms with Crippen LogP contribution in [0.4, 0.5) is 5.82 Å². The minimum atomic E-state index is -0.519. The van der Waals surface area contributed by atoms with Gasteiger partial charge in [0.1, 0.15) is 11.5 Å². The van der Waals surface area contributed by atoms with Crippen LogP contribution >= 0.6 is 11.9 Å². The molecule has 3 aliphatic rings. The maximum Gasteiger partial charge on any atom is 0.128 e. The maximum absolute atomic E-state index is 6.74. The number of hydrogen-bond donors (Lipinski definition) is 1. The van der Waals surface area contributed by atoms with E-state index in [1.165, 1.54) is 11.1 Å². The molecule has 25 heavy (non-hydrogen) atoms. The number of nitrogens with two attached hydrogens (primary N) is 1. The molecular weight excluding hydrogens is 330 g/mol. The van der Waals surface area contributed by atoms with Crippen molar-refractivity contribution in [2.75, 3.05) is 37.3 Å². The van der Waals surface area contributed by atoms with Gasteiger partial charge in [-0.15, -0.1) is 0 Å². The topological polar surface area (TPSA) is 48.6 Å². The zero-order valence-corrected chi connectivity index (χ0v) is 15.2. The second kappa shape index (κ2) is 6.71. The Hall–Kier alpha value is -2.02. The molecule has 4 rings (SSSR count). The Kier molecular flexibility index (Phi) is 4.41. The molecule has 5 nitrogen and oxygen atoms in total. The summed E-state index contributed by atoms with van der Waals surface area (Å²) in [6.07, 6.45) is 16.7. The predicted molar refractivity (Wildman–Crippen MR) is 105 cm³/mol. The molecule has 0 saturated carbocycles. The number of aromatic nitrogens is 1. The fourth-order valence-electron chi connectivity index (χ4n) is 3.47. The molecule has 3 heterocycles. The van der Waals surface area contributed by atoms with E-state index in [0.29, 0.717) is 0 Å².